The molecule has 1 aliphatic heterocycles. The minimum atomic E-state index is -0.303. The molecule has 1 atom stereocenters. The SMILES string of the molecule is COc1cc(NC(=O)C(c2ccc(Cl)cc2)C(C)C)ccc1N1CCCC1=O. The van der Waals surface area contributed by atoms with Crippen LogP contribution < -0.4 is 15.0 Å². The van der Waals surface area contributed by atoms with Crippen molar-refractivity contribution in [3.63, 3.8) is 0 Å². The number of rotatable bonds is 6. The summed E-state index contributed by atoms with van der Waals surface area (Å²) in [5.41, 5.74) is 2.29. The summed E-state index contributed by atoms with van der Waals surface area (Å²) in [5, 5.41) is 3.63. The van der Waals surface area contributed by atoms with E-state index in [1.54, 1.807) is 36.3 Å². The van der Waals surface area contributed by atoms with Crippen molar-refractivity contribution in [3.05, 3.63) is 53.1 Å². The topological polar surface area (TPSA) is 58.6 Å². The predicted octanol–water partition coefficient (Wildman–Crippen LogP) is 4.85. The van der Waals surface area contributed by atoms with Gasteiger partial charge in [-0.25, -0.2) is 0 Å². The molecule has 0 aliphatic carbocycles. The van der Waals surface area contributed by atoms with Crippen molar-refractivity contribution in [2.45, 2.75) is 32.6 Å². The average molecular weight is 401 g/mol. The molecule has 2 aromatic carbocycles. The van der Waals surface area contributed by atoms with Gasteiger partial charge in [0.2, 0.25) is 11.8 Å². The van der Waals surface area contributed by atoms with Gasteiger partial charge in [-0.3, -0.25) is 9.59 Å². The average Bonchev–Trinajstić information content (AvgIpc) is 3.09. The van der Waals surface area contributed by atoms with Gasteiger partial charge in [-0.15, -0.1) is 0 Å². The van der Waals surface area contributed by atoms with E-state index in [9.17, 15) is 9.59 Å². The summed E-state index contributed by atoms with van der Waals surface area (Å²) in [5.74, 6) is 0.385. The van der Waals surface area contributed by atoms with Gasteiger partial charge in [0.05, 0.1) is 18.7 Å². The van der Waals surface area contributed by atoms with E-state index >= 15 is 0 Å². The molecule has 0 aromatic heterocycles. The maximum absolute atomic E-state index is 13.0. The summed E-state index contributed by atoms with van der Waals surface area (Å²) in [7, 11) is 1.57. The van der Waals surface area contributed by atoms with Crippen molar-refractivity contribution in [2.24, 2.45) is 5.92 Å². The largest absolute Gasteiger partial charge is 0.494 e. The Hall–Kier alpha value is -2.53. The number of nitrogens with one attached hydrogen (secondary N) is 1. The van der Waals surface area contributed by atoms with E-state index in [-0.39, 0.29) is 23.7 Å². The number of hydrogen-bond donors (Lipinski definition) is 1. The van der Waals surface area contributed by atoms with Crippen LogP contribution in [0.3, 0.4) is 0 Å². The lowest BCUT2D eigenvalue weighted by molar-refractivity contribution is -0.118. The Morgan fingerprint density at radius 3 is 2.46 bits per heavy atom. The Balaban J connectivity index is 1.82. The number of benzene rings is 2. The smallest absolute Gasteiger partial charge is 0.232 e. The van der Waals surface area contributed by atoms with Gasteiger partial charge in [0.15, 0.2) is 0 Å². The second kappa shape index (κ2) is 8.65. The summed E-state index contributed by atoms with van der Waals surface area (Å²) in [6, 6.07) is 12.8. The fourth-order valence-electron chi connectivity index (χ4n) is 3.61. The number of halogens is 1. The van der Waals surface area contributed by atoms with Crippen LogP contribution in [0.5, 0.6) is 5.75 Å². The second-order valence-electron chi connectivity index (χ2n) is 7.30. The molecular weight excluding hydrogens is 376 g/mol. The predicted molar refractivity (Wildman–Crippen MR) is 112 cm³/mol. The van der Waals surface area contributed by atoms with E-state index in [0.29, 0.717) is 29.4 Å². The van der Waals surface area contributed by atoms with Gasteiger partial charge in [-0.1, -0.05) is 37.6 Å². The van der Waals surface area contributed by atoms with Crippen molar-refractivity contribution < 1.29 is 14.3 Å². The van der Waals surface area contributed by atoms with E-state index in [0.717, 1.165) is 17.7 Å². The van der Waals surface area contributed by atoms with Crippen molar-refractivity contribution in [1.82, 2.24) is 0 Å². The molecule has 0 saturated carbocycles. The van der Waals surface area contributed by atoms with Gasteiger partial charge < -0.3 is 15.0 Å². The van der Waals surface area contributed by atoms with Crippen LogP contribution >= 0.6 is 11.6 Å². The van der Waals surface area contributed by atoms with Crippen molar-refractivity contribution >= 4 is 34.8 Å². The molecule has 2 aromatic rings. The zero-order valence-corrected chi connectivity index (χ0v) is 17.1. The van der Waals surface area contributed by atoms with Crippen LogP contribution in [-0.4, -0.2) is 25.5 Å². The third-order valence-corrected chi connectivity index (χ3v) is 5.24. The lowest BCUT2D eigenvalue weighted by Crippen LogP contribution is -2.26. The zero-order valence-electron chi connectivity index (χ0n) is 16.4. The summed E-state index contributed by atoms with van der Waals surface area (Å²) < 4.78 is 5.47. The second-order valence-corrected chi connectivity index (χ2v) is 7.73. The molecule has 2 amide bonds. The van der Waals surface area contributed by atoms with Crippen LogP contribution in [0.15, 0.2) is 42.5 Å². The first-order valence-corrected chi connectivity index (χ1v) is 9.83. The number of anilines is 2. The first-order valence-electron chi connectivity index (χ1n) is 9.45. The fraction of sp³-hybridized carbons (Fsp3) is 0.364. The molecule has 0 radical (unpaired) electrons. The molecule has 1 unspecified atom stereocenters. The molecule has 6 heteroatoms. The van der Waals surface area contributed by atoms with E-state index in [2.05, 4.69) is 5.32 Å². The van der Waals surface area contributed by atoms with E-state index < -0.39 is 0 Å². The zero-order chi connectivity index (χ0) is 20.3. The highest BCUT2D eigenvalue weighted by molar-refractivity contribution is 6.30. The quantitative estimate of drug-likeness (QED) is 0.753. The van der Waals surface area contributed by atoms with Crippen LogP contribution in [0.4, 0.5) is 11.4 Å². The molecule has 3 rings (SSSR count). The fourth-order valence-corrected chi connectivity index (χ4v) is 3.74. The van der Waals surface area contributed by atoms with Crippen molar-refractivity contribution in [3.8, 4) is 5.75 Å². The summed E-state index contributed by atoms with van der Waals surface area (Å²) >= 11 is 5.98. The highest BCUT2D eigenvalue weighted by Crippen LogP contribution is 2.34. The Morgan fingerprint density at radius 2 is 1.89 bits per heavy atom. The van der Waals surface area contributed by atoms with Gasteiger partial charge in [0.1, 0.15) is 5.75 Å². The van der Waals surface area contributed by atoms with Gasteiger partial charge >= 0.3 is 0 Å². The van der Waals surface area contributed by atoms with Crippen LogP contribution in [0.25, 0.3) is 0 Å². The number of hydrogen-bond acceptors (Lipinski definition) is 3. The normalized spacial score (nSPS) is 15.0. The number of ether oxygens (including phenoxy) is 1. The minimum Gasteiger partial charge on any atom is -0.494 e. The maximum atomic E-state index is 13.0. The van der Waals surface area contributed by atoms with Crippen molar-refractivity contribution in [2.75, 3.05) is 23.9 Å². The maximum Gasteiger partial charge on any atom is 0.232 e. The number of carbonyl (C=O) groups is 2. The Labute approximate surface area is 170 Å². The molecule has 0 spiro atoms. The molecule has 0 bridgehead atoms. The Bertz CT molecular complexity index is 865. The van der Waals surface area contributed by atoms with Gasteiger partial charge in [0, 0.05) is 29.7 Å². The summed E-state index contributed by atoms with van der Waals surface area (Å²) in [6.45, 7) is 4.72. The van der Waals surface area contributed by atoms with Gasteiger partial charge in [0.25, 0.3) is 0 Å². The highest BCUT2D eigenvalue weighted by Gasteiger charge is 2.26. The van der Waals surface area contributed by atoms with Crippen LogP contribution in [0.1, 0.15) is 38.2 Å². The molecule has 28 heavy (non-hydrogen) atoms. The van der Waals surface area contributed by atoms with E-state index in [1.165, 1.54) is 0 Å². The molecule has 148 valence electrons. The molecule has 1 heterocycles. The van der Waals surface area contributed by atoms with E-state index in [4.69, 9.17) is 16.3 Å². The first kappa shape index (κ1) is 20.2. The number of amides is 2. The molecule has 1 N–H and O–H groups in total. The molecular formula is C22H25ClN2O3. The number of methoxy groups -OCH3 is 1. The Morgan fingerprint density at radius 1 is 1.18 bits per heavy atom. The van der Waals surface area contributed by atoms with Gasteiger partial charge in [-0.2, -0.15) is 0 Å². The lowest BCUT2D eigenvalue weighted by atomic mass is 9.87. The number of carbonyl (C=O) groups excluding carboxylic acids is 2. The standard InChI is InChI=1S/C22H25ClN2O3/c1-14(2)21(15-6-8-16(23)9-7-15)22(27)24-17-10-11-18(19(13-17)28-3)25-12-4-5-20(25)26/h6-11,13-14,21H,4-5,12H2,1-3H3,(H,24,27). The minimum absolute atomic E-state index is 0.0932. The van der Waals surface area contributed by atoms with Crippen molar-refractivity contribution in [1.29, 1.82) is 0 Å². The highest BCUT2D eigenvalue weighted by atomic mass is 35.5. The van der Waals surface area contributed by atoms with Crippen LogP contribution in [0, 0.1) is 5.92 Å². The Kier molecular flexibility index (Phi) is 6.25. The number of nitrogens with zero attached hydrogens (tertiary/aromatic N) is 1. The van der Waals surface area contributed by atoms with Gasteiger partial charge in [-0.05, 0) is 42.2 Å². The molecule has 5 nitrogen and oxygen atoms in total. The third-order valence-electron chi connectivity index (χ3n) is 4.99. The van der Waals surface area contributed by atoms with E-state index in [1.807, 2.05) is 32.0 Å². The third kappa shape index (κ3) is 4.30. The molecule has 1 fully saturated rings. The monoisotopic (exact) mass is 400 g/mol. The molecule has 1 aliphatic rings. The molecule has 1 saturated heterocycles. The van der Waals surface area contributed by atoms with Crippen LogP contribution in [-0.2, 0) is 9.59 Å². The summed E-state index contributed by atoms with van der Waals surface area (Å²) in [4.78, 5) is 26.8. The van der Waals surface area contributed by atoms with Crippen LogP contribution in [0.2, 0.25) is 5.02 Å². The summed E-state index contributed by atoms with van der Waals surface area (Å²) in [6.07, 6.45) is 1.40. The first-order chi connectivity index (χ1) is 13.4. The lowest BCUT2D eigenvalue weighted by Gasteiger charge is -2.22.